The van der Waals surface area contributed by atoms with Gasteiger partial charge in [0.1, 0.15) is 11.4 Å². The van der Waals surface area contributed by atoms with E-state index in [2.05, 4.69) is 72.3 Å². The predicted molar refractivity (Wildman–Crippen MR) is 191 cm³/mol. The topological polar surface area (TPSA) is 97.3 Å². The van der Waals surface area contributed by atoms with E-state index in [9.17, 15) is 0 Å². The van der Waals surface area contributed by atoms with Crippen LogP contribution in [-0.4, -0.2) is 38.7 Å². The number of para-hydroxylation sites is 4. The molecule has 10 heteroatoms. The summed E-state index contributed by atoms with van der Waals surface area (Å²) in [6, 6.07) is 28.5. The van der Waals surface area contributed by atoms with Gasteiger partial charge in [-0.1, -0.05) is 39.1 Å². The van der Waals surface area contributed by atoms with Crippen LogP contribution in [0.25, 0.3) is 66.9 Å². The third kappa shape index (κ3) is 4.98. The van der Waals surface area contributed by atoms with E-state index in [-0.39, 0.29) is 14.9 Å². The fourth-order valence-electron chi connectivity index (χ4n) is 5.55. The van der Waals surface area contributed by atoms with Crippen LogP contribution in [0.15, 0.2) is 84.9 Å². The lowest BCUT2D eigenvalue weighted by molar-refractivity contribution is 0.793. The first-order chi connectivity index (χ1) is 20.3. The molecule has 0 unspecified atom stereocenters. The molecule has 0 saturated heterocycles. The minimum absolute atomic E-state index is 0. The number of hydrogen-bond donors (Lipinski definition) is 1. The number of benzene rings is 4. The Morgan fingerprint density at radius 1 is 0.568 bits per heavy atom. The standard InChI is InChI=1S/C16H13IN4.C16H15N5.2CH4/c2*1-20-13-6-4-3-5-12(13)18-16(20)15-11-8-7-10(17)9-14(11)21(2)19-15;;/h3-9H,1-2H3;3-9H,17H2,1-2H3;2*1H4. The zero-order valence-corrected chi connectivity index (χ0v) is 25.8. The van der Waals surface area contributed by atoms with Gasteiger partial charge in [-0.05, 0) is 83.3 Å². The first-order valence-corrected chi connectivity index (χ1v) is 14.6. The Morgan fingerprint density at radius 3 is 1.52 bits per heavy atom. The molecule has 8 rings (SSSR count). The van der Waals surface area contributed by atoms with Gasteiger partial charge in [0, 0.05) is 48.2 Å². The summed E-state index contributed by atoms with van der Waals surface area (Å²) in [7, 11) is 7.96. The number of aromatic nitrogens is 8. The average molecular weight is 698 g/mol. The van der Waals surface area contributed by atoms with Crippen LogP contribution in [0, 0.1) is 3.57 Å². The second-order valence-electron chi connectivity index (χ2n) is 10.3. The summed E-state index contributed by atoms with van der Waals surface area (Å²) in [5, 5.41) is 11.5. The van der Waals surface area contributed by atoms with Gasteiger partial charge in [0.05, 0.1) is 33.1 Å². The summed E-state index contributed by atoms with van der Waals surface area (Å²) < 4.78 is 9.16. The van der Waals surface area contributed by atoms with E-state index < -0.39 is 0 Å². The van der Waals surface area contributed by atoms with E-state index >= 15 is 0 Å². The van der Waals surface area contributed by atoms with Crippen LogP contribution >= 0.6 is 22.6 Å². The summed E-state index contributed by atoms with van der Waals surface area (Å²) >= 11 is 2.32. The molecule has 0 bridgehead atoms. The van der Waals surface area contributed by atoms with Crippen LogP contribution in [0.1, 0.15) is 14.9 Å². The molecular formula is C34H36IN9. The predicted octanol–water partition coefficient (Wildman–Crippen LogP) is 7.71. The number of nitrogens with zero attached hydrogens (tertiary/aromatic N) is 8. The Labute approximate surface area is 270 Å². The lowest BCUT2D eigenvalue weighted by atomic mass is 10.2. The van der Waals surface area contributed by atoms with Gasteiger partial charge < -0.3 is 14.9 Å². The SMILES string of the molecule is C.C.Cn1nc(-c2nc3ccccc3n2C)c2ccc(I)cc21.Cn1nc(-c2nc3ccccc3n2C)c2ccc(N)cc21. The van der Waals surface area contributed by atoms with Crippen LogP contribution in [0.3, 0.4) is 0 Å². The van der Waals surface area contributed by atoms with Gasteiger partial charge in [0.15, 0.2) is 11.6 Å². The van der Waals surface area contributed by atoms with Gasteiger partial charge in [-0.3, -0.25) is 9.36 Å². The van der Waals surface area contributed by atoms with Crippen molar-refractivity contribution in [3.05, 3.63) is 88.5 Å². The fourth-order valence-corrected chi connectivity index (χ4v) is 6.02. The Morgan fingerprint density at radius 2 is 1.02 bits per heavy atom. The lowest BCUT2D eigenvalue weighted by Crippen LogP contribution is -1.95. The molecule has 0 spiro atoms. The molecular weight excluding hydrogens is 661 g/mol. The molecule has 224 valence electrons. The Bertz CT molecular complexity index is 2120. The van der Waals surface area contributed by atoms with Crippen LogP contribution in [0.4, 0.5) is 5.69 Å². The highest BCUT2D eigenvalue weighted by atomic mass is 127. The Kier molecular flexibility index (Phi) is 8.21. The minimum Gasteiger partial charge on any atom is -0.399 e. The molecule has 4 heterocycles. The van der Waals surface area contributed by atoms with Gasteiger partial charge in [-0.2, -0.15) is 10.2 Å². The van der Waals surface area contributed by atoms with Crippen molar-refractivity contribution in [2.75, 3.05) is 5.73 Å². The molecule has 0 aliphatic heterocycles. The Hall–Kier alpha value is -4.71. The fraction of sp³-hybridized carbons (Fsp3) is 0.176. The van der Waals surface area contributed by atoms with Crippen LogP contribution in [-0.2, 0) is 28.2 Å². The number of anilines is 1. The van der Waals surface area contributed by atoms with Gasteiger partial charge in [0.25, 0.3) is 0 Å². The molecule has 4 aromatic carbocycles. The summed E-state index contributed by atoms with van der Waals surface area (Å²) in [5.74, 6) is 1.77. The van der Waals surface area contributed by atoms with Gasteiger partial charge in [-0.25, -0.2) is 9.97 Å². The van der Waals surface area contributed by atoms with E-state index in [0.717, 1.165) is 72.6 Å². The molecule has 2 N–H and O–H groups in total. The van der Waals surface area contributed by atoms with E-state index in [1.165, 1.54) is 3.57 Å². The molecule has 0 saturated carbocycles. The summed E-state index contributed by atoms with van der Waals surface area (Å²) in [5.41, 5.74) is 14.8. The van der Waals surface area contributed by atoms with Crippen molar-refractivity contribution in [2.45, 2.75) is 14.9 Å². The molecule has 0 aliphatic carbocycles. The van der Waals surface area contributed by atoms with E-state index in [1.807, 2.05) is 92.2 Å². The van der Waals surface area contributed by atoms with Gasteiger partial charge >= 0.3 is 0 Å². The maximum absolute atomic E-state index is 5.87. The number of rotatable bonds is 2. The zero-order valence-electron chi connectivity index (χ0n) is 23.6. The normalized spacial score (nSPS) is 11.0. The molecule has 0 atom stereocenters. The van der Waals surface area contributed by atoms with E-state index in [1.54, 1.807) is 0 Å². The summed E-state index contributed by atoms with van der Waals surface area (Å²) in [6.45, 7) is 0. The van der Waals surface area contributed by atoms with Crippen LogP contribution in [0.5, 0.6) is 0 Å². The highest BCUT2D eigenvalue weighted by Crippen LogP contribution is 2.31. The Balaban J connectivity index is 0.000000167. The highest BCUT2D eigenvalue weighted by molar-refractivity contribution is 14.1. The monoisotopic (exact) mass is 697 g/mol. The number of aryl methyl sites for hydroxylation is 4. The number of imidazole rings is 2. The van der Waals surface area contributed by atoms with Crippen molar-refractivity contribution in [2.24, 2.45) is 28.2 Å². The number of hydrogen-bond acceptors (Lipinski definition) is 5. The molecule has 0 amide bonds. The highest BCUT2D eigenvalue weighted by Gasteiger charge is 2.18. The van der Waals surface area contributed by atoms with Crippen molar-refractivity contribution in [1.82, 2.24) is 38.7 Å². The number of fused-ring (bicyclic) bond motifs is 4. The van der Waals surface area contributed by atoms with Crippen molar-refractivity contribution >= 4 is 72.2 Å². The first-order valence-electron chi connectivity index (χ1n) is 13.5. The maximum atomic E-state index is 5.87. The lowest BCUT2D eigenvalue weighted by Gasteiger charge is -1.99. The van der Waals surface area contributed by atoms with E-state index in [0.29, 0.717) is 0 Å². The van der Waals surface area contributed by atoms with Crippen molar-refractivity contribution in [3.63, 3.8) is 0 Å². The quantitative estimate of drug-likeness (QED) is 0.148. The van der Waals surface area contributed by atoms with Crippen molar-refractivity contribution in [3.8, 4) is 23.0 Å². The first kappa shape index (κ1) is 30.7. The van der Waals surface area contributed by atoms with Crippen molar-refractivity contribution < 1.29 is 0 Å². The molecule has 8 aromatic rings. The molecule has 9 nitrogen and oxygen atoms in total. The number of nitrogens with two attached hydrogens (primary N) is 1. The maximum Gasteiger partial charge on any atom is 0.162 e. The van der Waals surface area contributed by atoms with Gasteiger partial charge in [0.2, 0.25) is 0 Å². The molecule has 0 fully saturated rings. The smallest absolute Gasteiger partial charge is 0.162 e. The third-order valence-corrected chi connectivity index (χ3v) is 8.36. The second-order valence-corrected chi connectivity index (χ2v) is 11.6. The van der Waals surface area contributed by atoms with Gasteiger partial charge in [-0.15, -0.1) is 0 Å². The molecule has 4 aromatic heterocycles. The molecule has 0 aliphatic rings. The van der Waals surface area contributed by atoms with Crippen molar-refractivity contribution in [1.29, 1.82) is 0 Å². The minimum atomic E-state index is 0. The number of nitrogen functional groups attached to an aromatic ring is 1. The second kappa shape index (κ2) is 11.8. The van der Waals surface area contributed by atoms with Crippen LogP contribution in [0.2, 0.25) is 0 Å². The largest absolute Gasteiger partial charge is 0.399 e. The third-order valence-electron chi connectivity index (χ3n) is 7.69. The zero-order chi connectivity index (χ0) is 29.1. The summed E-state index contributed by atoms with van der Waals surface area (Å²) in [4.78, 5) is 9.48. The summed E-state index contributed by atoms with van der Waals surface area (Å²) in [6.07, 6.45) is 0. The average Bonchev–Trinajstić information content (AvgIpc) is 3.71. The molecule has 44 heavy (non-hydrogen) atoms. The van der Waals surface area contributed by atoms with Crippen LogP contribution < -0.4 is 5.73 Å². The molecule has 0 radical (unpaired) electrons. The van der Waals surface area contributed by atoms with E-state index in [4.69, 9.17) is 15.7 Å². The number of halogens is 1.